The molecule has 2 fully saturated rings. The molecule has 2 aliphatic carbocycles. The summed E-state index contributed by atoms with van der Waals surface area (Å²) in [5.41, 5.74) is 2.54. The number of benzene rings is 1. The minimum atomic E-state index is -2.75. The van der Waals surface area contributed by atoms with Gasteiger partial charge in [0.25, 0.3) is 11.8 Å². The lowest BCUT2D eigenvalue weighted by Gasteiger charge is -2.29. The Hall–Kier alpha value is -2.24. The van der Waals surface area contributed by atoms with Gasteiger partial charge in [0.2, 0.25) is 5.82 Å². The number of imidazole rings is 1. The Balaban J connectivity index is 1.43. The summed E-state index contributed by atoms with van der Waals surface area (Å²) < 4.78 is 30.6. The van der Waals surface area contributed by atoms with Crippen molar-refractivity contribution >= 4 is 5.91 Å². The van der Waals surface area contributed by atoms with Gasteiger partial charge in [-0.25, -0.2) is 13.8 Å². The molecular weight excluding hydrogens is 348 g/mol. The molecule has 3 aliphatic rings. The minimum absolute atomic E-state index is 0.0202. The van der Waals surface area contributed by atoms with Gasteiger partial charge in [0.15, 0.2) is 0 Å². The van der Waals surface area contributed by atoms with Crippen molar-refractivity contribution in [1.82, 2.24) is 14.5 Å². The molecule has 4 nitrogen and oxygen atoms in total. The lowest BCUT2D eigenvalue weighted by atomic mass is 9.85. The van der Waals surface area contributed by atoms with Gasteiger partial charge in [-0.15, -0.1) is 0 Å². The summed E-state index contributed by atoms with van der Waals surface area (Å²) in [6.45, 7) is 3.16. The molecule has 1 aliphatic heterocycles. The van der Waals surface area contributed by atoms with E-state index in [1.807, 2.05) is 16.4 Å². The first-order valence-corrected chi connectivity index (χ1v) is 9.80. The van der Waals surface area contributed by atoms with E-state index in [0.29, 0.717) is 31.3 Å². The Morgan fingerprint density at radius 1 is 1.15 bits per heavy atom. The molecule has 2 saturated carbocycles. The van der Waals surface area contributed by atoms with Gasteiger partial charge in [0.05, 0.1) is 18.1 Å². The van der Waals surface area contributed by atoms with Crippen LogP contribution in [0, 0.1) is 18.8 Å². The van der Waals surface area contributed by atoms with Crippen molar-refractivity contribution in [1.29, 1.82) is 0 Å². The maximum absolute atomic E-state index is 14.3. The van der Waals surface area contributed by atoms with Crippen LogP contribution >= 0.6 is 0 Å². The summed E-state index contributed by atoms with van der Waals surface area (Å²) >= 11 is 0. The van der Waals surface area contributed by atoms with Crippen molar-refractivity contribution < 1.29 is 13.6 Å². The fraction of sp³-hybridized carbons (Fsp3) is 0.524. The van der Waals surface area contributed by atoms with Gasteiger partial charge in [0, 0.05) is 23.6 Å². The summed E-state index contributed by atoms with van der Waals surface area (Å²) in [7, 11) is 0. The number of aromatic nitrogens is 2. The Kier molecular flexibility index (Phi) is 3.68. The number of fused-ring (bicyclic) bond motifs is 1. The molecule has 0 atom stereocenters. The number of aryl methyl sites for hydroxylation is 1. The number of rotatable bonds is 5. The van der Waals surface area contributed by atoms with E-state index in [0.717, 1.165) is 23.5 Å². The molecule has 1 amide bonds. The molecule has 2 heterocycles. The lowest BCUT2D eigenvalue weighted by Crippen LogP contribution is -2.33. The SMILES string of the molecule is Cc1nc2n(c1-c1ccc(C(F)(F)C3CC3)cc1)CN(CC1CCC1)C2=O. The van der Waals surface area contributed by atoms with Gasteiger partial charge in [0.1, 0.15) is 0 Å². The van der Waals surface area contributed by atoms with Crippen LogP contribution < -0.4 is 0 Å². The Bertz CT molecular complexity index is 895. The third-order valence-electron chi connectivity index (χ3n) is 6.27. The molecule has 0 unspecified atom stereocenters. The summed E-state index contributed by atoms with van der Waals surface area (Å²) in [6, 6.07) is 6.52. The zero-order chi connectivity index (χ0) is 18.8. The fourth-order valence-corrected chi connectivity index (χ4v) is 4.28. The molecule has 1 aromatic carbocycles. The number of halogens is 2. The molecule has 0 N–H and O–H groups in total. The smallest absolute Gasteiger partial charge is 0.291 e. The van der Waals surface area contributed by atoms with Crippen molar-refractivity contribution in [3.8, 4) is 11.3 Å². The van der Waals surface area contributed by atoms with Crippen molar-refractivity contribution in [3.63, 3.8) is 0 Å². The molecule has 1 aromatic heterocycles. The molecule has 0 bridgehead atoms. The molecular formula is C21H23F2N3O. The third kappa shape index (κ3) is 2.68. The van der Waals surface area contributed by atoms with Crippen LogP contribution in [0.3, 0.4) is 0 Å². The minimum Gasteiger partial charge on any atom is -0.318 e. The van der Waals surface area contributed by atoms with Crippen LogP contribution in [0.1, 0.15) is 54.0 Å². The zero-order valence-electron chi connectivity index (χ0n) is 15.4. The van der Waals surface area contributed by atoms with E-state index in [-0.39, 0.29) is 11.5 Å². The number of nitrogens with zero attached hydrogens (tertiary/aromatic N) is 3. The molecule has 142 valence electrons. The molecule has 0 radical (unpaired) electrons. The first-order chi connectivity index (χ1) is 12.9. The van der Waals surface area contributed by atoms with Crippen LogP contribution in [0.2, 0.25) is 0 Å². The Morgan fingerprint density at radius 2 is 1.85 bits per heavy atom. The molecule has 0 saturated heterocycles. The number of amides is 1. The van der Waals surface area contributed by atoms with Crippen LogP contribution in [0.4, 0.5) is 8.78 Å². The Labute approximate surface area is 157 Å². The van der Waals surface area contributed by atoms with Crippen molar-refractivity contribution in [2.45, 2.75) is 51.6 Å². The molecule has 0 spiro atoms. The van der Waals surface area contributed by atoms with Crippen molar-refractivity contribution in [2.24, 2.45) is 11.8 Å². The quantitative estimate of drug-likeness (QED) is 0.772. The van der Waals surface area contributed by atoms with E-state index < -0.39 is 11.8 Å². The number of alkyl halides is 2. The first kappa shape index (κ1) is 16.9. The Morgan fingerprint density at radius 3 is 2.44 bits per heavy atom. The highest BCUT2D eigenvalue weighted by Gasteiger charge is 2.47. The van der Waals surface area contributed by atoms with Gasteiger partial charge >= 0.3 is 0 Å². The van der Waals surface area contributed by atoms with E-state index in [2.05, 4.69) is 4.98 Å². The van der Waals surface area contributed by atoms with E-state index in [4.69, 9.17) is 0 Å². The van der Waals surface area contributed by atoms with Crippen LogP contribution in [-0.2, 0) is 12.6 Å². The highest BCUT2D eigenvalue weighted by Crippen LogP contribution is 2.49. The van der Waals surface area contributed by atoms with Crippen LogP contribution in [0.5, 0.6) is 0 Å². The van der Waals surface area contributed by atoms with E-state index in [1.54, 1.807) is 12.1 Å². The van der Waals surface area contributed by atoms with Crippen molar-refractivity contribution in [3.05, 3.63) is 41.3 Å². The molecule has 2 aromatic rings. The number of hydrogen-bond acceptors (Lipinski definition) is 2. The van der Waals surface area contributed by atoms with Gasteiger partial charge < -0.3 is 9.47 Å². The zero-order valence-corrected chi connectivity index (χ0v) is 15.4. The fourth-order valence-electron chi connectivity index (χ4n) is 4.28. The number of carbonyl (C=O) groups is 1. The van der Waals surface area contributed by atoms with Gasteiger partial charge in [-0.2, -0.15) is 0 Å². The summed E-state index contributed by atoms with van der Waals surface area (Å²) in [4.78, 5) is 19.0. The largest absolute Gasteiger partial charge is 0.318 e. The second kappa shape index (κ2) is 5.88. The predicted octanol–water partition coefficient (Wildman–Crippen LogP) is 4.57. The normalized spacial score (nSPS) is 20.1. The van der Waals surface area contributed by atoms with Crippen LogP contribution in [0.15, 0.2) is 24.3 Å². The van der Waals surface area contributed by atoms with E-state index in [9.17, 15) is 13.6 Å². The number of hydrogen-bond donors (Lipinski definition) is 0. The second-order valence-electron chi connectivity index (χ2n) is 8.24. The third-order valence-corrected chi connectivity index (χ3v) is 6.27. The maximum Gasteiger partial charge on any atom is 0.291 e. The summed E-state index contributed by atoms with van der Waals surface area (Å²) in [5.74, 6) is -2.21. The predicted molar refractivity (Wildman–Crippen MR) is 97.4 cm³/mol. The highest BCUT2D eigenvalue weighted by molar-refractivity contribution is 5.94. The topological polar surface area (TPSA) is 38.1 Å². The monoisotopic (exact) mass is 371 g/mol. The molecule has 5 rings (SSSR count). The van der Waals surface area contributed by atoms with Gasteiger partial charge in [-0.05, 0) is 38.5 Å². The summed E-state index contributed by atoms with van der Waals surface area (Å²) in [6.07, 6.45) is 4.83. The molecule has 27 heavy (non-hydrogen) atoms. The van der Waals surface area contributed by atoms with Crippen molar-refractivity contribution in [2.75, 3.05) is 6.54 Å². The average Bonchev–Trinajstić information content (AvgIpc) is 3.36. The number of carbonyl (C=O) groups excluding carboxylic acids is 1. The first-order valence-electron chi connectivity index (χ1n) is 9.80. The summed E-state index contributed by atoms with van der Waals surface area (Å²) in [5, 5.41) is 0. The maximum atomic E-state index is 14.3. The molecule has 6 heteroatoms. The van der Waals surface area contributed by atoms with Gasteiger partial charge in [-0.1, -0.05) is 30.7 Å². The average molecular weight is 371 g/mol. The standard InChI is InChI=1S/C21H23F2N3O/c1-13-18(15-5-7-16(8-6-15)21(22,23)17-9-10-17)26-12-25(11-14-3-2-4-14)20(27)19(26)24-13/h5-8,14,17H,2-4,9-12H2,1H3. The van der Waals surface area contributed by atoms with Crippen LogP contribution in [-0.4, -0.2) is 26.9 Å². The van der Waals surface area contributed by atoms with E-state index in [1.165, 1.54) is 31.4 Å². The highest BCUT2D eigenvalue weighted by atomic mass is 19.3. The van der Waals surface area contributed by atoms with Gasteiger partial charge in [-0.3, -0.25) is 4.79 Å². The lowest BCUT2D eigenvalue weighted by molar-refractivity contribution is -0.0285. The van der Waals surface area contributed by atoms with Crippen LogP contribution in [0.25, 0.3) is 11.3 Å². The second-order valence-corrected chi connectivity index (χ2v) is 8.24. The van der Waals surface area contributed by atoms with E-state index >= 15 is 0 Å².